The van der Waals surface area contributed by atoms with Crippen molar-refractivity contribution < 1.29 is 53.4 Å². The normalized spacial score (nSPS) is 15.3. The Hall–Kier alpha value is -7.30. The second kappa shape index (κ2) is 28.8. The Labute approximate surface area is 401 Å². The average Bonchev–Trinajstić information content (AvgIpc) is 3.29. The molecule has 0 saturated carbocycles. The number of guanidine groups is 1. The van der Waals surface area contributed by atoms with E-state index < -0.39 is 120 Å². The van der Waals surface area contributed by atoms with Gasteiger partial charge in [0.1, 0.15) is 48.0 Å². The molecule has 2 aromatic rings. The van der Waals surface area contributed by atoms with E-state index in [9.17, 15) is 53.4 Å². The molecule has 23 nitrogen and oxygen atoms in total. The number of rotatable bonds is 29. The van der Waals surface area contributed by atoms with Gasteiger partial charge in [-0.25, -0.2) is 4.79 Å². The number of benzene rings is 2. The van der Waals surface area contributed by atoms with Gasteiger partial charge in [-0.05, 0) is 61.8 Å². The van der Waals surface area contributed by atoms with Crippen molar-refractivity contribution in [2.24, 2.45) is 39.8 Å². The van der Waals surface area contributed by atoms with E-state index in [2.05, 4.69) is 42.2 Å². The fraction of sp³-hybridized carbons (Fsp3) is 0.522. The van der Waals surface area contributed by atoms with Gasteiger partial charge in [-0.1, -0.05) is 83.0 Å². The highest BCUT2D eigenvalue weighted by atomic mass is 16.4. The van der Waals surface area contributed by atoms with Crippen LogP contribution in [0.25, 0.3) is 0 Å². The van der Waals surface area contributed by atoms with Crippen LogP contribution >= 0.6 is 0 Å². The predicted molar refractivity (Wildman–Crippen MR) is 255 cm³/mol. The Morgan fingerprint density at radius 3 is 1.54 bits per heavy atom. The third kappa shape index (κ3) is 20.2. The fourth-order valence-corrected chi connectivity index (χ4v) is 6.72. The van der Waals surface area contributed by atoms with E-state index in [0.717, 1.165) is 0 Å². The number of primary amides is 1. The highest BCUT2D eigenvalue weighted by Gasteiger charge is 2.35. The topological polar surface area (TPSA) is 395 Å². The van der Waals surface area contributed by atoms with E-state index in [1.165, 1.54) is 38.1 Å². The van der Waals surface area contributed by atoms with E-state index in [1.54, 1.807) is 51.1 Å². The molecule has 0 aromatic heterocycles. The van der Waals surface area contributed by atoms with E-state index in [4.69, 9.17) is 22.9 Å². The second-order valence-corrected chi connectivity index (χ2v) is 17.0. The van der Waals surface area contributed by atoms with Crippen molar-refractivity contribution in [1.29, 1.82) is 0 Å². The number of carbonyl (C=O) groups excluding carboxylic acids is 8. The number of carboxylic acid groups (broad SMARTS) is 1. The number of aliphatic imine (C=N–C) groups is 1. The summed E-state index contributed by atoms with van der Waals surface area (Å²) in [6, 6.07) is 3.62. The molecule has 10 atom stereocenters. The fourth-order valence-electron chi connectivity index (χ4n) is 6.72. The van der Waals surface area contributed by atoms with Crippen LogP contribution in [-0.2, 0) is 56.0 Å². The van der Waals surface area contributed by atoms with Crippen molar-refractivity contribution >= 4 is 59.2 Å². The highest BCUT2D eigenvalue weighted by molar-refractivity contribution is 5.98. The first-order chi connectivity index (χ1) is 32.5. The van der Waals surface area contributed by atoms with Crippen molar-refractivity contribution in [2.75, 3.05) is 6.54 Å². The predicted octanol–water partition coefficient (Wildman–Crippen LogP) is -1.96. The Balaban J connectivity index is 2.54. The molecule has 0 aliphatic rings. The quantitative estimate of drug-likeness (QED) is 0.0239. The molecule has 0 saturated heterocycles. The molecule has 380 valence electrons. The third-order valence-electron chi connectivity index (χ3n) is 11.3. The first kappa shape index (κ1) is 57.8. The van der Waals surface area contributed by atoms with Gasteiger partial charge in [0.25, 0.3) is 0 Å². The number of nitrogens with zero attached hydrogens (tertiary/aromatic N) is 1. The lowest BCUT2D eigenvalue weighted by molar-refractivity contribution is -0.143. The summed E-state index contributed by atoms with van der Waals surface area (Å²) in [4.78, 5) is 124. The van der Waals surface area contributed by atoms with Crippen LogP contribution < -0.4 is 60.2 Å². The summed E-state index contributed by atoms with van der Waals surface area (Å²) in [5.74, 6) is -9.36. The number of carbonyl (C=O) groups is 9. The zero-order valence-electron chi connectivity index (χ0n) is 40.0. The summed E-state index contributed by atoms with van der Waals surface area (Å²) in [6.07, 6.45) is -0.168. The third-order valence-corrected chi connectivity index (χ3v) is 11.3. The molecule has 0 heterocycles. The zero-order chi connectivity index (χ0) is 52.0. The Bertz CT molecular complexity index is 2100. The molecule has 69 heavy (non-hydrogen) atoms. The number of aliphatic carboxylic acids is 1. The molecule has 0 unspecified atom stereocenters. The number of carboxylic acids is 1. The Morgan fingerprint density at radius 2 is 1.03 bits per heavy atom. The highest BCUT2D eigenvalue weighted by Crippen LogP contribution is 2.15. The summed E-state index contributed by atoms with van der Waals surface area (Å²) < 4.78 is 0. The minimum absolute atomic E-state index is 0.0222. The molecule has 2 aromatic carbocycles. The van der Waals surface area contributed by atoms with E-state index in [-0.39, 0.29) is 43.9 Å². The molecule has 0 radical (unpaired) electrons. The number of hydrogen-bond donors (Lipinski definition) is 13. The largest absolute Gasteiger partial charge is 0.508 e. The zero-order valence-corrected chi connectivity index (χ0v) is 40.0. The molecule has 0 fully saturated rings. The molecule has 0 spiro atoms. The van der Waals surface area contributed by atoms with Crippen LogP contribution in [0.1, 0.15) is 84.8 Å². The van der Waals surface area contributed by atoms with Crippen molar-refractivity contribution in [2.45, 2.75) is 135 Å². The van der Waals surface area contributed by atoms with Crippen molar-refractivity contribution in [3.8, 4) is 5.75 Å². The number of nitrogens with two attached hydrogens (primary N) is 4. The van der Waals surface area contributed by atoms with Gasteiger partial charge in [0.2, 0.25) is 47.3 Å². The lowest BCUT2D eigenvalue weighted by atomic mass is 9.96. The van der Waals surface area contributed by atoms with Crippen LogP contribution in [0.15, 0.2) is 59.6 Å². The van der Waals surface area contributed by atoms with Crippen molar-refractivity contribution in [1.82, 2.24) is 37.2 Å². The van der Waals surface area contributed by atoms with Gasteiger partial charge in [0.05, 0.1) is 12.5 Å². The first-order valence-electron chi connectivity index (χ1n) is 22.7. The average molecular weight is 967 g/mol. The number of amides is 8. The van der Waals surface area contributed by atoms with Crippen LogP contribution in [0.3, 0.4) is 0 Å². The second-order valence-electron chi connectivity index (χ2n) is 17.0. The van der Waals surface area contributed by atoms with Gasteiger partial charge in [-0.15, -0.1) is 0 Å². The lowest BCUT2D eigenvalue weighted by Gasteiger charge is -2.29. The molecule has 0 aliphatic carbocycles. The minimum Gasteiger partial charge on any atom is -0.508 e. The number of aromatic hydroxyl groups is 1. The van der Waals surface area contributed by atoms with Crippen LogP contribution in [0.4, 0.5) is 0 Å². The van der Waals surface area contributed by atoms with Gasteiger partial charge >= 0.3 is 5.97 Å². The monoisotopic (exact) mass is 967 g/mol. The molecular weight excluding hydrogens is 897 g/mol. The summed E-state index contributed by atoms with van der Waals surface area (Å²) >= 11 is 0. The molecule has 0 bridgehead atoms. The summed E-state index contributed by atoms with van der Waals surface area (Å²) in [7, 11) is 0. The van der Waals surface area contributed by atoms with E-state index in [0.29, 0.717) is 24.0 Å². The van der Waals surface area contributed by atoms with E-state index >= 15 is 0 Å². The van der Waals surface area contributed by atoms with Crippen LogP contribution in [-0.4, -0.2) is 124 Å². The molecule has 23 heteroatoms. The smallest absolute Gasteiger partial charge is 0.326 e. The van der Waals surface area contributed by atoms with Gasteiger partial charge in [-0.2, -0.15) is 0 Å². The number of phenols is 1. The van der Waals surface area contributed by atoms with Crippen LogP contribution in [0, 0.1) is 11.8 Å². The van der Waals surface area contributed by atoms with Gasteiger partial charge in [-0.3, -0.25) is 43.3 Å². The van der Waals surface area contributed by atoms with Crippen LogP contribution in [0.5, 0.6) is 5.75 Å². The Morgan fingerprint density at radius 1 is 0.565 bits per heavy atom. The van der Waals surface area contributed by atoms with E-state index in [1.807, 2.05) is 6.92 Å². The van der Waals surface area contributed by atoms with Gasteiger partial charge < -0.3 is 70.4 Å². The summed E-state index contributed by atoms with van der Waals surface area (Å²) in [5.41, 5.74) is 23.3. The first-order valence-corrected chi connectivity index (χ1v) is 22.7. The maximum Gasteiger partial charge on any atom is 0.326 e. The SMILES string of the molecule is CC[C@H](C)[C@H](NC(=O)[C@H](C)NC(=O)[C@H](CC(N)=O)NC(=O)[C@H](Cc1ccccc1)NC(=O)[C@H](CCCN=C(N)N)NC(=O)[C@H](Cc1ccc(O)cc1)NC(=O)[C@@H](NC(=O)[C@H](C)N)[C@@H](C)CC)C(=O)O. The van der Waals surface area contributed by atoms with Gasteiger partial charge in [0, 0.05) is 19.4 Å². The summed E-state index contributed by atoms with van der Waals surface area (Å²) in [6.45, 7) is 9.66. The molecule has 0 aliphatic heterocycles. The maximum absolute atomic E-state index is 14.4. The maximum atomic E-state index is 14.4. The van der Waals surface area contributed by atoms with Crippen molar-refractivity contribution in [3.05, 3.63) is 65.7 Å². The van der Waals surface area contributed by atoms with Crippen LogP contribution in [0.2, 0.25) is 0 Å². The number of hydrogen-bond acceptors (Lipinski definition) is 12. The molecular formula is C46H70N12O11. The van der Waals surface area contributed by atoms with Gasteiger partial charge in [0.15, 0.2) is 5.96 Å². The minimum atomic E-state index is -1.68. The lowest BCUT2D eigenvalue weighted by Crippen LogP contribution is -2.61. The summed E-state index contributed by atoms with van der Waals surface area (Å²) in [5, 5.41) is 37.4. The van der Waals surface area contributed by atoms with Crippen molar-refractivity contribution in [3.63, 3.8) is 0 Å². The molecule has 17 N–H and O–H groups in total. The number of nitrogens with one attached hydrogen (secondary N) is 7. The number of phenolic OH excluding ortho intramolecular Hbond substituents is 1. The standard InChI is InChI=1S/C46H70N12O11/c1-7-24(3)36(57-38(61)26(5)47)44(67)56-33(22-29-16-18-30(59)19-17-29)42(65)53-31(15-12-20-51-46(49)50)40(63)54-32(21-28-13-10-9-11-14-28)43(66)55-34(23-35(48)60)41(64)52-27(6)39(62)58-37(45(68)69)25(4)8-2/h9-11,13-14,16-19,24-27,31-34,36-37,59H,7-8,12,15,20-23,47H2,1-6H3,(H2,48,60)(H,52,64)(H,53,65)(H,54,63)(H,55,66)(H,56,67)(H,57,61)(H,58,62)(H,68,69)(H4,49,50,51)/t24-,25-,26-,27-,31-,32-,33-,34-,36-,37-/m0/s1. The molecule has 2 rings (SSSR count). The molecule has 8 amide bonds. The Kier molecular flexibility index (Phi) is 24.1.